The van der Waals surface area contributed by atoms with E-state index >= 15 is 0 Å². The van der Waals surface area contributed by atoms with Crippen molar-refractivity contribution in [3.63, 3.8) is 0 Å². The minimum atomic E-state index is 0.667. The van der Waals surface area contributed by atoms with Crippen molar-refractivity contribution in [3.05, 3.63) is 64.8 Å². The van der Waals surface area contributed by atoms with Gasteiger partial charge in [0, 0.05) is 18.5 Å². The highest BCUT2D eigenvalue weighted by Crippen LogP contribution is 2.36. The fourth-order valence-electron chi connectivity index (χ4n) is 4.66. The van der Waals surface area contributed by atoms with E-state index in [9.17, 15) is 0 Å². The van der Waals surface area contributed by atoms with Crippen LogP contribution in [0.5, 0.6) is 0 Å². The van der Waals surface area contributed by atoms with Crippen molar-refractivity contribution < 1.29 is 5.94 Å². The van der Waals surface area contributed by atoms with E-state index in [1.807, 2.05) is 0 Å². The molecule has 0 N–H and O–H groups in total. The summed E-state index contributed by atoms with van der Waals surface area (Å²) in [4.78, 5) is 0. The Morgan fingerprint density at radius 2 is 1.81 bits per heavy atom. The van der Waals surface area contributed by atoms with Crippen LogP contribution in [-0.4, -0.2) is 0 Å². The minimum absolute atomic E-state index is 0.667. The van der Waals surface area contributed by atoms with E-state index in [1.54, 1.807) is 0 Å². The number of fused-ring (bicyclic) bond motifs is 1. The minimum Gasteiger partial charge on any atom is -0.198 e. The highest BCUT2D eigenvalue weighted by molar-refractivity contribution is 5.94. The summed E-state index contributed by atoms with van der Waals surface area (Å²) < 4.78 is 11.0. The van der Waals surface area contributed by atoms with E-state index in [1.165, 1.54) is 65.4 Å². The highest BCUT2D eigenvalue weighted by atomic mass is 14.9. The molecule has 0 amide bonds. The third-order valence-corrected chi connectivity index (χ3v) is 6.49. The van der Waals surface area contributed by atoms with E-state index in [2.05, 4.69) is 68.8 Å². The van der Waals surface area contributed by atoms with Crippen molar-refractivity contribution in [3.8, 4) is 11.3 Å². The molecule has 1 heterocycles. The first-order valence-corrected chi connectivity index (χ1v) is 10.5. The lowest BCUT2D eigenvalue weighted by molar-refractivity contribution is -0.665. The first-order valence-electron chi connectivity index (χ1n) is 11.0. The second-order valence-electron chi connectivity index (χ2n) is 8.26. The fraction of sp³-hybridized carbons (Fsp3) is 0.423. The summed E-state index contributed by atoms with van der Waals surface area (Å²) >= 11 is 0. The predicted molar refractivity (Wildman–Crippen MR) is 115 cm³/mol. The molecule has 2 aromatic carbocycles. The van der Waals surface area contributed by atoms with Gasteiger partial charge in [-0.15, -0.1) is 0 Å². The van der Waals surface area contributed by atoms with Crippen LogP contribution in [0, 0.1) is 13.8 Å². The molecule has 1 nitrogen and oxygen atoms in total. The Bertz CT molecular complexity index is 1030. The number of aromatic nitrogens is 1. The molecule has 0 aliphatic heterocycles. The second-order valence-corrected chi connectivity index (χ2v) is 8.26. The lowest BCUT2D eigenvalue weighted by Crippen LogP contribution is -2.35. The standard InChI is InChI=1S/C26H32N/c1-5-20-12-11-18(2)25(16-20)26-24-14-13-22(21-9-7-6-8-10-21)17-23(24)15-19(3)27(26)4/h11-17,21H,5-10H2,1-4H3/q+1/i15D. The normalized spacial score (nSPS) is 15.9. The van der Waals surface area contributed by atoms with Crippen LogP contribution in [0.3, 0.4) is 0 Å². The average Bonchev–Trinajstić information content (AvgIpc) is 2.74. The van der Waals surface area contributed by atoms with Crippen LogP contribution in [0.4, 0.5) is 0 Å². The zero-order valence-electron chi connectivity index (χ0n) is 18.2. The van der Waals surface area contributed by atoms with E-state index in [4.69, 9.17) is 1.37 Å². The molecule has 27 heavy (non-hydrogen) atoms. The Hall–Kier alpha value is -2.15. The van der Waals surface area contributed by atoms with Gasteiger partial charge in [-0.05, 0) is 66.3 Å². The summed E-state index contributed by atoms with van der Waals surface area (Å²) in [6.45, 7) is 6.49. The molecule has 0 radical (unpaired) electrons. The van der Waals surface area contributed by atoms with E-state index < -0.39 is 0 Å². The molecule has 0 bridgehead atoms. The Morgan fingerprint density at radius 3 is 2.56 bits per heavy atom. The summed E-state index contributed by atoms with van der Waals surface area (Å²) in [5.41, 5.74) is 7.65. The van der Waals surface area contributed by atoms with Crippen molar-refractivity contribution in [1.29, 1.82) is 0 Å². The van der Waals surface area contributed by atoms with Crippen molar-refractivity contribution in [2.24, 2.45) is 7.05 Å². The average molecular weight is 360 g/mol. The Morgan fingerprint density at radius 1 is 1.04 bits per heavy atom. The third kappa shape index (κ3) is 3.40. The molecule has 1 fully saturated rings. The van der Waals surface area contributed by atoms with Crippen LogP contribution in [0.25, 0.3) is 22.0 Å². The van der Waals surface area contributed by atoms with Crippen LogP contribution < -0.4 is 4.57 Å². The third-order valence-electron chi connectivity index (χ3n) is 6.49. The molecule has 0 atom stereocenters. The molecule has 1 aliphatic carbocycles. The molecule has 1 saturated carbocycles. The maximum absolute atomic E-state index is 8.81. The van der Waals surface area contributed by atoms with E-state index in [0.717, 1.165) is 17.5 Å². The molecular formula is C26H32N+. The lowest BCUT2D eigenvalue weighted by atomic mass is 9.83. The van der Waals surface area contributed by atoms with Gasteiger partial charge < -0.3 is 0 Å². The number of hydrogen-bond acceptors (Lipinski definition) is 0. The molecule has 0 unspecified atom stereocenters. The van der Waals surface area contributed by atoms with Gasteiger partial charge in [-0.3, -0.25) is 0 Å². The molecule has 140 valence electrons. The van der Waals surface area contributed by atoms with Gasteiger partial charge in [-0.25, -0.2) is 0 Å². The molecule has 3 aromatic rings. The van der Waals surface area contributed by atoms with Crippen LogP contribution in [-0.2, 0) is 13.5 Å². The van der Waals surface area contributed by atoms with Crippen molar-refractivity contribution in [2.45, 2.75) is 65.2 Å². The predicted octanol–water partition coefficient (Wildman–Crippen LogP) is 6.56. The number of benzene rings is 2. The van der Waals surface area contributed by atoms with Gasteiger partial charge in [0.15, 0.2) is 5.69 Å². The SMILES string of the molecule is [2H]c1c(C)[n+](C)c(-c2cc(CC)ccc2C)c2ccc(C3CCCCC3)cc12. The molecule has 1 aliphatic rings. The summed E-state index contributed by atoms with van der Waals surface area (Å²) in [6.07, 6.45) is 7.68. The van der Waals surface area contributed by atoms with Crippen LogP contribution in [0.1, 0.15) is 68.7 Å². The molecule has 0 spiro atoms. The molecule has 0 saturated heterocycles. The topological polar surface area (TPSA) is 3.88 Å². The van der Waals surface area contributed by atoms with Gasteiger partial charge in [0.2, 0.25) is 5.69 Å². The Labute approximate surface area is 165 Å². The summed E-state index contributed by atoms with van der Waals surface area (Å²) in [6, 6.07) is 14.4. The van der Waals surface area contributed by atoms with Gasteiger partial charge in [0.05, 0.1) is 6.76 Å². The molecule has 1 aromatic heterocycles. The quantitative estimate of drug-likeness (QED) is 0.466. The summed E-state index contributed by atoms with van der Waals surface area (Å²) in [5.74, 6) is 0.667. The fourth-order valence-corrected chi connectivity index (χ4v) is 4.66. The zero-order valence-corrected chi connectivity index (χ0v) is 17.2. The number of rotatable bonds is 3. The monoisotopic (exact) mass is 359 g/mol. The van der Waals surface area contributed by atoms with Gasteiger partial charge in [0.1, 0.15) is 7.05 Å². The van der Waals surface area contributed by atoms with Crippen LogP contribution >= 0.6 is 0 Å². The molecule has 4 rings (SSSR count). The zero-order chi connectivity index (χ0) is 19.8. The van der Waals surface area contributed by atoms with Crippen molar-refractivity contribution in [1.82, 2.24) is 0 Å². The van der Waals surface area contributed by atoms with E-state index in [-0.39, 0.29) is 0 Å². The second kappa shape index (κ2) is 7.46. The number of pyridine rings is 1. The maximum Gasteiger partial charge on any atom is 0.220 e. The van der Waals surface area contributed by atoms with Gasteiger partial charge in [-0.2, -0.15) is 4.57 Å². The smallest absolute Gasteiger partial charge is 0.198 e. The molecular weight excluding hydrogens is 326 g/mol. The Balaban J connectivity index is 1.96. The summed E-state index contributed by atoms with van der Waals surface area (Å²) in [7, 11) is 2.11. The highest BCUT2D eigenvalue weighted by Gasteiger charge is 2.22. The van der Waals surface area contributed by atoms with Gasteiger partial charge in [-0.1, -0.05) is 50.5 Å². The Kier molecular flexibility index (Phi) is 4.69. The van der Waals surface area contributed by atoms with Crippen LogP contribution in [0.2, 0.25) is 0 Å². The van der Waals surface area contributed by atoms with Crippen molar-refractivity contribution in [2.75, 3.05) is 0 Å². The largest absolute Gasteiger partial charge is 0.220 e. The van der Waals surface area contributed by atoms with Crippen LogP contribution in [0.15, 0.2) is 42.4 Å². The van der Waals surface area contributed by atoms with Crippen molar-refractivity contribution >= 4 is 10.8 Å². The first-order chi connectivity index (χ1) is 13.5. The van der Waals surface area contributed by atoms with Gasteiger partial charge >= 0.3 is 0 Å². The van der Waals surface area contributed by atoms with E-state index in [0.29, 0.717) is 12.0 Å². The van der Waals surface area contributed by atoms with Gasteiger partial charge in [0.25, 0.3) is 0 Å². The number of hydrogen-bond donors (Lipinski definition) is 0. The summed E-state index contributed by atoms with van der Waals surface area (Å²) in [5, 5.41) is 2.31. The maximum atomic E-state index is 8.81. The molecule has 1 heteroatoms. The number of nitrogens with zero attached hydrogens (tertiary/aromatic N) is 1. The number of aryl methyl sites for hydroxylation is 2. The first kappa shape index (κ1) is 17.0. The lowest BCUT2D eigenvalue weighted by Gasteiger charge is -2.22.